The molecule has 2 aliphatic carbocycles. The molecule has 0 amide bonds. The fourth-order valence-electron chi connectivity index (χ4n) is 11.4. The number of rotatable bonds is 4. The molecule has 298 valence electrons. The van der Waals surface area contributed by atoms with E-state index in [0.29, 0.717) is 0 Å². The van der Waals surface area contributed by atoms with E-state index in [1.54, 1.807) is 0 Å². The highest BCUT2D eigenvalue weighted by atomic mass is 32.1. The number of benzene rings is 10. The van der Waals surface area contributed by atoms with Crippen LogP contribution in [0.15, 0.2) is 229 Å². The van der Waals surface area contributed by atoms with E-state index in [-0.39, 0.29) is 0 Å². The molecule has 10 aromatic carbocycles. The van der Waals surface area contributed by atoms with Crippen LogP contribution in [0.3, 0.4) is 0 Å². The van der Waals surface area contributed by atoms with Gasteiger partial charge in [0.2, 0.25) is 0 Å². The fourth-order valence-corrected chi connectivity index (χ4v) is 12.5. The van der Waals surface area contributed by atoms with E-state index in [2.05, 4.69) is 229 Å². The second-order valence-corrected chi connectivity index (χ2v) is 18.1. The first-order valence-corrected chi connectivity index (χ1v) is 22.8. The van der Waals surface area contributed by atoms with E-state index < -0.39 is 5.41 Å². The van der Waals surface area contributed by atoms with E-state index >= 15 is 0 Å². The van der Waals surface area contributed by atoms with Gasteiger partial charge in [0.15, 0.2) is 5.58 Å². The number of thiophene rings is 1. The maximum Gasteiger partial charge on any atom is 0.159 e. The van der Waals surface area contributed by atoms with E-state index in [4.69, 9.17) is 4.42 Å². The van der Waals surface area contributed by atoms with Gasteiger partial charge in [0.1, 0.15) is 5.58 Å². The first kappa shape index (κ1) is 35.6. The highest BCUT2D eigenvalue weighted by Crippen LogP contribution is 2.64. The van der Waals surface area contributed by atoms with Gasteiger partial charge in [-0.2, -0.15) is 0 Å². The summed E-state index contributed by atoms with van der Waals surface area (Å²) in [5.41, 5.74) is 19.2. The Bertz CT molecular complexity index is 3870. The number of para-hydroxylation sites is 3. The Kier molecular flexibility index (Phi) is 7.51. The van der Waals surface area contributed by atoms with Gasteiger partial charge in [-0.25, -0.2) is 0 Å². The number of hydrogen-bond donors (Lipinski definition) is 0. The molecule has 2 heterocycles. The number of nitrogens with zero attached hydrogens (tertiary/aromatic N) is 1. The molecular formula is C61H37NOS. The summed E-state index contributed by atoms with van der Waals surface area (Å²) in [4.78, 5) is 2.45. The number of fused-ring (bicyclic) bond motifs is 19. The van der Waals surface area contributed by atoms with Crippen LogP contribution in [0.2, 0.25) is 0 Å². The molecule has 12 aromatic rings. The van der Waals surface area contributed by atoms with Crippen LogP contribution in [0.4, 0.5) is 17.1 Å². The predicted molar refractivity (Wildman–Crippen MR) is 268 cm³/mol. The summed E-state index contributed by atoms with van der Waals surface area (Å²) in [5, 5.41) is 4.86. The molecule has 0 saturated heterocycles. The summed E-state index contributed by atoms with van der Waals surface area (Å²) in [6, 6.07) is 83.0. The van der Waals surface area contributed by atoms with Crippen LogP contribution in [-0.2, 0) is 5.41 Å². The largest absolute Gasteiger partial charge is 0.454 e. The van der Waals surface area contributed by atoms with Crippen LogP contribution in [0.1, 0.15) is 22.3 Å². The Morgan fingerprint density at radius 3 is 1.81 bits per heavy atom. The molecule has 2 aromatic heterocycles. The minimum atomic E-state index is -0.667. The summed E-state index contributed by atoms with van der Waals surface area (Å²) in [6.07, 6.45) is 0. The van der Waals surface area contributed by atoms with Gasteiger partial charge < -0.3 is 9.32 Å². The van der Waals surface area contributed by atoms with Crippen LogP contribution in [0, 0.1) is 0 Å². The van der Waals surface area contributed by atoms with Crippen molar-refractivity contribution in [2.75, 3.05) is 4.90 Å². The first-order valence-electron chi connectivity index (χ1n) is 22.0. The second-order valence-electron chi connectivity index (χ2n) is 17.0. The van der Waals surface area contributed by atoms with Crippen molar-refractivity contribution in [1.29, 1.82) is 0 Å². The van der Waals surface area contributed by atoms with E-state index in [1.165, 1.54) is 75.8 Å². The molecule has 2 nitrogen and oxygen atoms in total. The summed E-state index contributed by atoms with van der Waals surface area (Å²) in [7, 11) is 0. The van der Waals surface area contributed by atoms with Crippen LogP contribution >= 0.6 is 11.3 Å². The lowest BCUT2D eigenvalue weighted by atomic mass is 9.65. The summed E-state index contributed by atoms with van der Waals surface area (Å²) < 4.78 is 9.52. The maximum absolute atomic E-state index is 6.89. The van der Waals surface area contributed by atoms with Crippen molar-refractivity contribution in [3.05, 3.63) is 247 Å². The van der Waals surface area contributed by atoms with Crippen molar-refractivity contribution in [2.45, 2.75) is 5.41 Å². The van der Waals surface area contributed by atoms with Crippen LogP contribution in [0.25, 0.3) is 86.6 Å². The van der Waals surface area contributed by atoms with Gasteiger partial charge in [0.05, 0.1) is 16.8 Å². The third kappa shape index (κ3) is 4.79. The van der Waals surface area contributed by atoms with Crippen LogP contribution in [0.5, 0.6) is 0 Å². The quantitative estimate of drug-likeness (QED) is 0.176. The Morgan fingerprint density at radius 2 is 0.984 bits per heavy atom. The molecule has 64 heavy (non-hydrogen) atoms. The SMILES string of the molecule is c1ccc(-c2ccccc2N(c2ccc3c(c2)C2(c4ccccc4-c4ccccc4-3)c3ccccc3-c3c2ccc2sc4ccccc4c32)c2cccc3c2oc2ccccc23)cc1. The summed E-state index contributed by atoms with van der Waals surface area (Å²) in [5.74, 6) is 0. The smallest absolute Gasteiger partial charge is 0.159 e. The number of furan rings is 1. The minimum Gasteiger partial charge on any atom is -0.454 e. The standard InChI is InChI=1S/C61H37NOS/c1-2-17-38(18-3-1)40-19-8-13-29-53(40)62(54-30-16-26-46-45-23-9-14-31-55(45)63-60(46)54)39-33-34-44-42-21-5-4-20-41(42)43-22-6-11-27-49(43)61(52(44)37-39)50-28-12-7-24-47(50)58-51(61)35-36-57-59(58)48-25-10-15-32-56(48)64-57/h1-37H. The maximum atomic E-state index is 6.89. The third-order valence-corrected chi connectivity index (χ3v) is 15.0. The lowest BCUT2D eigenvalue weighted by molar-refractivity contribution is 0.669. The molecule has 0 bridgehead atoms. The topological polar surface area (TPSA) is 16.4 Å². The Hall–Kier alpha value is -7.98. The van der Waals surface area contributed by atoms with Gasteiger partial charge >= 0.3 is 0 Å². The Morgan fingerprint density at radius 1 is 0.375 bits per heavy atom. The molecule has 1 atom stereocenters. The molecule has 0 fully saturated rings. The van der Waals surface area contributed by atoms with Crippen molar-refractivity contribution in [3.8, 4) is 44.5 Å². The van der Waals surface area contributed by atoms with Gasteiger partial charge in [-0.3, -0.25) is 0 Å². The van der Waals surface area contributed by atoms with Crippen molar-refractivity contribution < 1.29 is 4.42 Å². The van der Waals surface area contributed by atoms with Crippen molar-refractivity contribution >= 4 is 70.5 Å². The zero-order chi connectivity index (χ0) is 41.9. The fraction of sp³-hybridized carbons (Fsp3) is 0.0164. The molecule has 0 aliphatic heterocycles. The first-order chi connectivity index (χ1) is 31.8. The summed E-state index contributed by atoms with van der Waals surface area (Å²) >= 11 is 1.89. The van der Waals surface area contributed by atoms with Gasteiger partial charge in [0.25, 0.3) is 0 Å². The molecule has 0 saturated carbocycles. The molecule has 0 radical (unpaired) electrons. The molecular weight excluding hydrogens is 795 g/mol. The van der Waals surface area contributed by atoms with E-state index in [0.717, 1.165) is 50.1 Å². The average molecular weight is 832 g/mol. The lowest BCUT2D eigenvalue weighted by Gasteiger charge is -2.36. The lowest BCUT2D eigenvalue weighted by Crippen LogP contribution is -2.29. The predicted octanol–water partition coefficient (Wildman–Crippen LogP) is 17.1. The van der Waals surface area contributed by atoms with Crippen LogP contribution in [-0.4, -0.2) is 0 Å². The van der Waals surface area contributed by atoms with Gasteiger partial charge in [0, 0.05) is 42.2 Å². The Labute approximate surface area is 374 Å². The zero-order valence-corrected chi connectivity index (χ0v) is 35.4. The van der Waals surface area contributed by atoms with Gasteiger partial charge in [-0.15, -0.1) is 11.3 Å². The van der Waals surface area contributed by atoms with Crippen molar-refractivity contribution in [3.63, 3.8) is 0 Å². The average Bonchev–Trinajstić information content (AvgIpc) is 4.01. The van der Waals surface area contributed by atoms with Crippen LogP contribution < -0.4 is 4.90 Å². The minimum absolute atomic E-state index is 0.667. The van der Waals surface area contributed by atoms with Gasteiger partial charge in [-0.1, -0.05) is 182 Å². The normalized spacial score (nSPS) is 14.6. The number of hydrogen-bond acceptors (Lipinski definition) is 3. The molecule has 0 N–H and O–H groups in total. The molecule has 1 spiro atoms. The summed E-state index contributed by atoms with van der Waals surface area (Å²) in [6.45, 7) is 0. The highest BCUT2D eigenvalue weighted by molar-refractivity contribution is 7.26. The van der Waals surface area contributed by atoms with Gasteiger partial charge in [-0.05, 0) is 104 Å². The van der Waals surface area contributed by atoms with E-state index in [9.17, 15) is 0 Å². The Balaban J connectivity index is 1.15. The molecule has 1 unspecified atom stereocenters. The van der Waals surface area contributed by atoms with E-state index in [1.807, 2.05) is 11.3 Å². The van der Waals surface area contributed by atoms with Crippen molar-refractivity contribution in [1.82, 2.24) is 0 Å². The monoisotopic (exact) mass is 831 g/mol. The third-order valence-electron chi connectivity index (χ3n) is 13.9. The molecule has 14 rings (SSSR count). The van der Waals surface area contributed by atoms with Crippen molar-refractivity contribution in [2.24, 2.45) is 0 Å². The highest BCUT2D eigenvalue weighted by Gasteiger charge is 2.50. The molecule has 3 heteroatoms. The second kappa shape index (κ2) is 13.5. The number of anilines is 3. The zero-order valence-electron chi connectivity index (χ0n) is 34.6. The molecule has 2 aliphatic rings.